The van der Waals surface area contributed by atoms with Crippen molar-refractivity contribution in [3.05, 3.63) is 45.8 Å². The number of nitrogens with zero attached hydrogens (tertiary/aromatic N) is 1. The van der Waals surface area contributed by atoms with Crippen LogP contribution in [0, 0.1) is 0 Å². The van der Waals surface area contributed by atoms with Crippen LogP contribution in [0.1, 0.15) is 86.0 Å². The van der Waals surface area contributed by atoms with Crippen molar-refractivity contribution in [2.75, 3.05) is 26.7 Å². The van der Waals surface area contributed by atoms with E-state index in [9.17, 15) is 44.3 Å². The van der Waals surface area contributed by atoms with Crippen molar-refractivity contribution in [3.63, 3.8) is 0 Å². The summed E-state index contributed by atoms with van der Waals surface area (Å²) in [5.74, 6) is -0.995. The molecule has 0 fully saturated rings. The number of halogens is 6. The summed E-state index contributed by atoms with van der Waals surface area (Å²) in [6.07, 6.45) is -7.59. The van der Waals surface area contributed by atoms with Crippen LogP contribution in [-0.2, 0) is 19.6 Å². The topological polar surface area (TPSA) is 120 Å². The van der Waals surface area contributed by atoms with Crippen molar-refractivity contribution < 1.29 is 44.3 Å². The quantitative estimate of drug-likeness (QED) is 0.133. The van der Waals surface area contributed by atoms with Crippen LogP contribution in [0.3, 0.4) is 0 Å². The Morgan fingerprint density at radius 1 is 0.936 bits per heavy atom. The molecule has 0 aromatic rings. The number of alkyl halides is 6. The number of carbonyl (C=O) groups excluding carboxylic acids is 2. The predicted molar refractivity (Wildman–Crippen MR) is 168 cm³/mol. The summed E-state index contributed by atoms with van der Waals surface area (Å²) < 4.78 is 109. The van der Waals surface area contributed by atoms with E-state index in [1.165, 1.54) is 40.7 Å². The molecule has 47 heavy (non-hydrogen) atoms. The van der Waals surface area contributed by atoms with Gasteiger partial charge in [0.1, 0.15) is 6.17 Å². The van der Waals surface area contributed by atoms with Gasteiger partial charge in [-0.2, -0.15) is 26.3 Å². The first-order valence-corrected chi connectivity index (χ1v) is 17.0. The lowest BCUT2D eigenvalue weighted by Crippen LogP contribution is -2.51. The van der Waals surface area contributed by atoms with E-state index < -0.39 is 63.3 Å². The first kappa shape index (κ1) is 40.3. The normalized spacial score (nSPS) is 18.1. The molecule has 1 atom stereocenters. The van der Waals surface area contributed by atoms with Gasteiger partial charge in [0.15, 0.2) is 0 Å². The molecule has 0 bridgehead atoms. The van der Waals surface area contributed by atoms with Gasteiger partial charge < -0.3 is 20.9 Å². The highest BCUT2D eigenvalue weighted by atomic mass is 32.2. The lowest BCUT2D eigenvalue weighted by Gasteiger charge is -2.38. The molecule has 2 aliphatic rings. The summed E-state index contributed by atoms with van der Waals surface area (Å²) in [7, 11) is -1.86. The molecule has 268 valence electrons. The smallest absolute Gasteiger partial charge is 0.367 e. The number of amides is 2. The minimum absolute atomic E-state index is 0.0222. The van der Waals surface area contributed by atoms with Crippen LogP contribution in [0.15, 0.2) is 45.8 Å². The van der Waals surface area contributed by atoms with Gasteiger partial charge in [-0.25, -0.2) is 13.1 Å². The monoisotopic (exact) mass is 699 g/mol. The highest BCUT2D eigenvalue weighted by Crippen LogP contribution is 2.38. The zero-order valence-electron chi connectivity index (χ0n) is 27.8. The van der Waals surface area contributed by atoms with Crippen molar-refractivity contribution >= 4 is 21.8 Å². The third kappa shape index (κ3) is 11.7. The van der Waals surface area contributed by atoms with Crippen molar-refractivity contribution in [3.8, 4) is 0 Å². The molecule has 0 aromatic heterocycles. The van der Waals surface area contributed by atoms with E-state index in [4.69, 9.17) is 0 Å². The van der Waals surface area contributed by atoms with Crippen molar-refractivity contribution in [1.82, 2.24) is 25.6 Å². The first-order valence-electron chi connectivity index (χ1n) is 15.5. The van der Waals surface area contributed by atoms with E-state index in [2.05, 4.69) is 20.7 Å². The van der Waals surface area contributed by atoms with Crippen LogP contribution in [0.25, 0.3) is 0 Å². The number of dihydropyridines is 1. The number of nitrogens with one attached hydrogen (secondary N) is 4. The summed E-state index contributed by atoms with van der Waals surface area (Å²) in [6, 6.07) is 0. The van der Waals surface area contributed by atoms with E-state index in [1.54, 1.807) is 7.05 Å². The molecule has 1 aliphatic heterocycles. The van der Waals surface area contributed by atoms with Gasteiger partial charge in [-0.1, -0.05) is 0 Å². The number of sulfonamides is 1. The Bertz CT molecular complexity index is 1380. The first-order chi connectivity index (χ1) is 21.6. The maximum absolute atomic E-state index is 14.2. The van der Waals surface area contributed by atoms with Crippen LogP contribution in [0.2, 0.25) is 0 Å². The Labute approximate surface area is 273 Å². The van der Waals surface area contributed by atoms with Gasteiger partial charge in [-0.15, -0.1) is 0 Å². The van der Waals surface area contributed by atoms with Crippen LogP contribution < -0.4 is 20.7 Å². The number of hydrogen-bond acceptors (Lipinski definition) is 6. The van der Waals surface area contributed by atoms with E-state index in [0.29, 0.717) is 19.2 Å². The Hall–Kier alpha value is -2.85. The molecule has 2 rings (SSSR count). The number of hydrogen-bond donors (Lipinski definition) is 4. The van der Waals surface area contributed by atoms with E-state index in [-0.39, 0.29) is 67.0 Å². The Morgan fingerprint density at radius 2 is 1.55 bits per heavy atom. The summed E-state index contributed by atoms with van der Waals surface area (Å²) in [5.41, 5.74) is -1.93. The van der Waals surface area contributed by atoms with Gasteiger partial charge in [-0.05, 0) is 110 Å². The zero-order chi connectivity index (χ0) is 35.8. The summed E-state index contributed by atoms with van der Waals surface area (Å²) in [4.78, 5) is 27.2. The van der Waals surface area contributed by atoms with Gasteiger partial charge in [-0.3, -0.25) is 9.59 Å². The average Bonchev–Trinajstić information content (AvgIpc) is 2.93. The maximum atomic E-state index is 14.2. The standard InChI is InChI=1S/C31H47F6N5O4S/c1-20-21(2)28(39-18-25(20)31(35,36)37)42(27(44)12-8-10-16-40-47(45,46)29(3,4)5)19-22-17-23(13-14-24(22)30(32,33)34)41-26(43)11-7-9-15-38-6/h17-18,28,38-40H,7-16,19H2,1-6H3,(H,41,43)/t28-/m0/s1. The molecule has 9 nitrogen and oxygen atoms in total. The molecule has 0 spiro atoms. The second-order valence-electron chi connectivity index (χ2n) is 12.7. The molecule has 1 heterocycles. The van der Waals surface area contributed by atoms with Gasteiger partial charge in [0.05, 0.1) is 10.3 Å². The van der Waals surface area contributed by atoms with Gasteiger partial charge >= 0.3 is 12.4 Å². The Kier molecular flexibility index (Phi) is 14.2. The molecule has 1 aliphatic carbocycles. The lowest BCUT2D eigenvalue weighted by atomic mass is 9.92. The Balaban J connectivity index is 2.38. The maximum Gasteiger partial charge on any atom is 0.418 e. The van der Waals surface area contributed by atoms with Gasteiger partial charge in [0, 0.05) is 43.4 Å². The van der Waals surface area contributed by atoms with Crippen molar-refractivity contribution in [2.24, 2.45) is 0 Å². The minimum Gasteiger partial charge on any atom is -0.367 e. The minimum atomic E-state index is -4.75. The van der Waals surface area contributed by atoms with Crippen LogP contribution >= 0.6 is 0 Å². The fraction of sp³-hybridized carbons (Fsp3) is 0.677. The molecule has 0 saturated heterocycles. The SMILES string of the molecule is CNCCCCC(=O)NC1=CC(CN(C(=O)CCCCNS(=O)(=O)C(C)(C)C)[C@@H]2NC=C(C(F)(F)F)C(C)=C2C)=C(C(F)(F)F)CC1. The molecule has 0 unspecified atom stereocenters. The predicted octanol–water partition coefficient (Wildman–Crippen LogP) is 5.46. The van der Waals surface area contributed by atoms with Gasteiger partial charge in [0.2, 0.25) is 21.8 Å². The third-order valence-corrected chi connectivity index (χ3v) is 10.3. The van der Waals surface area contributed by atoms with E-state index in [1.807, 2.05) is 0 Å². The van der Waals surface area contributed by atoms with E-state index in [0.717, 1.165) is 11.3 Å². The third-order valence-electron chi connectivity index (χ3n) is 8.09. The summed E-state index contributed by atoms with van der Waals surface area (Å²) in [5, 5.41) is 8.20. The second-order valence-corrected chi connectivity index (χ2v) is 15.2. The molecule has 0 saturated carbocycles. The molecule has 0 aromatic carbocycles. The summed E-state index contributed by atoms with van der Waals surface area (Å²) in [6.45, 7) is 7.32. The second kappa shape index (κ2) is 16.5. The lowest BCUT2D eigenvalue weighted by molar-refractivity contribution is -0.133. The highest BCUT2D eigenvalue weighted by molar-refractivity contribution is 7.90. The van der Waals surface area contributed by atoms with E-state index >= 15 is 0 Å². The number of unbranched alkanes of at least 4 members (excludes halogenated alkanes) is 2. The molecule has 2 amide bonds. The van der Waals surface area contributed by atoms with Crippen molar-refractivity contribution in [2.45, 2.75) is 109 Å². The molecule has 16 heteroatoms. The largest absolute Gasteiger partial charge is 0.418 e. The Morgan fingerprint density at radius 3 is 2.13 bits per heavy atom. The number of carbonyl (C=O) groups is 2. The fourth-order valence-corrected chi connectivity index (χ4v) is 5.93. The molecule has 0 radical (unpaired) electrons. The van der Waals surface area contributed by atoms with Crippen molar-refractivity contribution in [1.29, 1.82) is 0 Å². The molecule has 4 N–H and O–H groups in total. The zero-order valence-corrected chi connectivity index (χ0v) is 28.6. The summed E-state index contributed by atoms with van der Waals surface area (Å²) >= 11 is 0. The van der Waals surface area contributed by atoms with Crippen LogP contribution in [-0.4, -0.2) is 75.1 Å². The number of rotatable bonds is 15. The average molecular weight is 700 g/mol. The van der Waals surface area contributed by atoms with Gasteiger partial charge in [0.25, 0.3) is 0 Å². The fourth-order valence-electron chi connectivity index (χ4n) is 5.09. The number of allylic oxidation sites excluding steroid dienone is 4. The van der Waals surface area contributed by atoms with Crippen LogP contribution in [0.4, 0.5) is 26.3 Å². The molecular weight excluding hydrogens is 652 g/mol. The van der Waals surface area contributed by atoms with Crippen LogP contribution in [0.5, 0.6) is 0 Å². The highest BCUT2D eigenvalue weighted by Gasteiger charge is 2.41. The molecular formula is C31H47F6N5O4S.